The van der Waals surface area contributed by atoms with E-state index in [0.717, 1.165) is 39.2 Å². The molecule has 12 rings (SSSR count). The molecule has 12 aromatic rings. The largest absolute Gasteiger partial charge is 0.309 e. The molecule has 2 aromatic heterocycles. The second-order valence-corrected chi connectivity index (χ2v) is 16.0. The summed E-state index contributed by atoms with van der Waals surface area (Å²) < 4.78 is 2.47. The van der Waals surface area contributed by atoms with Crippen molar-refractivity contribution in [2.75, 3.05) is 0 Å². The van der Waals surface area contributed by atoms with E-state index in [1.54, 1.807) is 0 Å². The molecule has 0 aliphatic rings. The molecular formula is C58H38N2. The maximum Gasteiger partial charge on any atom is 0.0730 e. The fraction of sp³-hybridized carbons (Fsp3) is 0.0172. The molecule has 0 saturated heterocycles. The second kappa shape index (κ2) is 13.7. The molecule has 0 fully saturated rings. The van der Waals surface area contributed by atoms with Crippen molar-refractivity contribution < 1.29 is 0 Å². The van der Waals surface area contributed by atoms with Crippen LogP contribution in [0.2, 0.25) is 0 Å². The number of nitrogens with zero attached hydrogens (tertiary/aromatic N) is 2. The highest BCUT2D eigenvalue weighted by Crippen LogP contribution is 2.44. The molecule has 2 heteroatoms. The molecule has 0 unspecified atom stereocenters. The van der Waals surface area contributed by atoms with Crippen molar-refractivity contribution in [1.82, 2.24) is 9.55 Å². The van der Waals surface area contributed by atoms with Gasteiger partial charge in [0.25, 0.3) is 0 Å². The Hall–Kier alpha value is -7.81. The van der Waals surface area contributed by atoms with Gasteiger partial charge in [-0.1, -0.05) is 175 Å². The number of pyridine rings is 1. The van der Waals surface area contributed by atoms with Crippen LogP contribution in [0.3, 0.4) is 0 Å². The summed E-state index contributed by atoms with van der Waals surface area (Å²) >= 11 is 0. The van der Waals surface area contributed by atoms with E-state index in [0.29, 0.717) is 0 Å². The van der Waals surface area contributed by atoms with Gasteiger partial charge in [0.15, 0.2) is 0 Å². The van der Waals surface area contributed by atoms with Crippen LogP contribution in [-0.2, 0) is 0 Å². The molecular weight excluding hydrogens is 725 g/mol. The minimum atomic E-state index is 0.941. The molecule has 2 nitrogen and oxygen atoms in total. The van der Waals surface area contributed by atoms with Crippen LogP contribution in [0.4, 0.5) is 0 Å². The summed E-state index contributed by atoms with van der Waals surface area (Å²) in [6, 6.07) is 77.7. The Bertz CT molecular complexity index is 3570. The molecule has 0 aliphatic carbocycles. The van der Waals surface area contributed by atoms with E-state index in [-0.39, 0.29) is 0 Å². The van der Waals surface area contributed by atoms with Crippen LogP contribution in [0, 0.1) is 6.92 Å². The quantitative estimate of drug-likeness (QED) is 0.160. The van der Waals surface area contributed by atoms with Gasteiger partial charge in [0, 0.05) is 21.9 Å². The highest BCUT2D eigenvalue weighted by atomic mass is 15.0. The average molecular weight is 763 g/mol. The van der Waals surface area contributed by atoms with Gasteiger partial charge < -0.3 is 4.57 Å². The smallest absolute Gasteiger partial charge is 0.0730 e. The normalized spacial score (nSPS) is 11.8. The average Bonchev–Trinajstić information content (AvgIpc) is 3.64. The lowest BCUT2D eigenvalue weighted by Crippen LogP contribution is -1.98. The highest BCUT2D eigenvalue weighted by Gasteiger charge is 2.20. The molecule has 60 heavy (non-hydrogen) atoms. The van der Waals surface area contributed by atoms with Crippen molar-refractivity contribution in [3.05, 3.63) is 218 Å². The summed E-state index contributed by atoms with van der Waals surface area (Å²) in [4.78, 5) is 5.27. The number of aryl methyl sites for hydroxylation is 1. The fourth-order valence-electron chi connectivity index (χ4n) is 9.47. The molecule has 0 saturated carbocycles. The maximum atomic E-state index is 5.27. The van der Waals surface area contributed by atoms with Gasteiger partial charge >= 0.3 is 0 Å². The third-order valence-electron chi connectivity index (χ3n) is 12.4. The minimum Gasteiger partial charge on any atom is -0.309 e. The van der Waals surface area contributed by atoms with Gasteiger partial charge in [-0.2, -0.15) is 0 Å². The zero-order valence-corrected chi connectivity index (χ0v) is 33.1. The van der Waals surface area contributed by atoms with E-state index in [9.17, 15) is 0 Å². The van der Waals surface area contributed by atoms with Gasteiger partial charge in [-0.15, -0.1) is 0 Å². The van der Waals surface area contributed by atoms with Gasteiger partial charge in [-0.25, -0.2) is 4.98 Å². The summed E-state index contributed by atoms with van der Waals surface area (Å²) in [5.41, 5.74) is 13.6. The van der Waals surface area contributed by atoms with E-state index in [1.165, 1.54) is 81.7 Å². The van der Waals surface area contributed by atoms with Crippen LogP contribution in [0.5, 0.6) is 0 Å². The lowest BCUT2D eigenvalue weighted by atomic mass is 9.91. The lowest BCUT2D eigenvalue weighted by Gasteiger charge is -2.15. The molecule has 280 valence electrons. The summed E-state index contributed by atoms with van der Waals surface area (Å²) in [5.74, 6) is 0. The zero-order chi connectivity index (χ0) is 39.7. The van der Waals surface area contributed by atoms with E-state index in [2.05, 4.69) is 224 Å². The van der Waals surface area contributed by atoms with E-state index in [4.69, 9.17) is 4.98 Å². The number of rotatable bonds is 5. The molecule has 0 N–H and O–H groups in total. The van der Waals surface area contributed by atoms with E-state index >= 15 is 0 Å². The fourth-order valence-corrected chi connectivity index (χ4v) is 9.47. The van der Waals surface area contributed by atoms with Gasteiger partial charge in [-0.05, 0) is 115 Å². The van der Waals surface area contributed by atoms with Crippen LogP contribution in [0.1, 0.15) is 5.56 Å². The topological polar surface area (TPSA) is 17.8 Å². The predicted octanol–water partition coefficient (Wildman–Crippen LogP) is 15.8. The third kappa shape index (κ3) is 5.53. The van der Waals surface area contributed by atoms with Crippen LogP contribution in [-0.4, -0.2) is 9.55 Å². The Morgan fingerprint density at radius 3 is 1.57 bits per heavy atom. The predicted molar refractivity (Wildman–Crippen MR) is 255 cm³/mol. The number of benzene rings is 10. The van der Waals surface area contributed by atoms with Crippen molar-refractivity contribution in [2.45, 2.75) is 6.92 Å². The molecule has 10 aromatic carbocycles. The molecule has 0 aliphatic heterocycles. The number of hydrogen-bond donors (Lipinski definition) is 0. The Morgan fingerprint density at radius 1 is 0.317 bits per heavy atom. The molecule has 0 bridgehead atoms. The van der Waals surface area contributed by atoms with Crippen LogP contribution >= 0.6 is 0 Å². The van der Waals surface area contributed by atoms with Crippen molar-refractivity contribution in [3.8, 4) is 50.5 Å². The van der Waals surface area contributed by atoms with Gasteiger partial charge in [-0.3, -0.25) is 0 Å². The monoisotopic (exact) mass is 762 g/mol. The van der Waals surface area contributed by atoms with Crippen LogP contribution < -0.4 is 0 Å². The first-order chi connectivity index (χ1) is 29.6. The second-order valence-electron chi connectivity index (χ2n) is 16.0. The summed E-state index contributed by atoms with van der Waals surface area (Å²) in [6.45, 7) is 2.14. The SMILES string of the molecule is Cc1ccc(-c2ccc3c(c2)c2ccccc2c2cc4c(cc32)c2cc(-c3cccc5ccccc35)ccc2n4-c2cc(-c3ccccc3)nc(-c3ccccc3)c2)cc1. The summed E-state index contributed by atoms with van der Waals surface area (Å²) in [6.07, 6.45) is 0. The van der Waals surface area contributed by atoms with Crippen molar-refractivity contribution >= 4 is 64.9 Å². The lowest BCUT2D eigenvalue weighted by molar-refractivity contribution is 1.16. The molecule has 0 atom stereocenters. The number of hydrogen-bond acceptors (Lipinski definition) is 1. The maximum absolute atomic E-state index is 5.27. The minimum absolute atomic E-state index is 0.941. The van der Waals surface area contributed by atoms with E-state index < -0.39 is 0 Å². The van der Waals surface area contributed by atoms with Gasteiger partial charge in [0.1, 0.15) is 0 Å². The molecule has 0 radical (unpaired) electrons. The summed E-state index contributed by atoms with van der Waals surface area (Å²) in [7, 11) is 0. The number of fused-ring (bicyclic) bond motifs is 10. The Morgan fingerprint density at radius 2 is 0.850 bits per heavy atom. The van der Waals surface area contributed by atoms with Crippen LogP contribution in [0.15, 0.2) is 212 Å². The Labute approximate surface area is 348 Å². The highest BCUT2D eigenvalue weighted by molar-refractivity contribution is 6.29. The summed E-state index contributed by atoms with van der Waals surface area (Å²) in [5, 5.41) is 12.5. The van der Waals surface area contributed by atoms with Crippen molar-refractivity contribution in [1.29, 1.82) is 0 Å². The third-order valence-corrected chi connectivity index (χ3v) is 12.4. The van der Waals surface area contributed by atoms with Crippen LogP contribution in [0.25, 0.3) is 115 Å². The first-order valence-corrected chi connectivity index (χ1v) is 20.7. The van der Waals surface area contributed by atoms with Crippen molar-refractivity contribution in [3.63, 3.8) is 0 Å². The van der Waals surface area contributed by atoms with Crippen molar-refractivity contribution in [2.24, 2.45) is 0 Å². The first-order valence-electron chi connectivity index (χ1n) is 20.7. The standard InChI is InChI=1S/C58H38N2/c1-37-23-25-38(26-24-37)42-27-29-49-50(31-42)47-20-10-11-21-48(47)52-36-58-54(35-51(49)52)53-32-43(46-22-12-18-39-13-8-9-19-45(39)46)28-30-57(53)60(58)44-33-55(40-14-4-2-5-15-40)59-56(34-44)41-16-6-3-7-17-41/h2-36H,1H3. The van der Waals surface area contributed by atoms with Gasteiger partial charge in [0.05, 0.1) is 28.1 Å². The van der Waals surface area contributed by atoms with Gasteiger partial charge in [0.2, 0.25) is 0 Å². The Balaban J connectivity index is 1.20. The zero-order valence-electron chi connectivity index (χ0n) is 33.1. The Kier molecular flexibility index (Phi) is 7.79. The molecule has 0 amide bonds. The first kappa shape index (κ1) is 34.3. The number of aromatic nitrogens is 2. The van der Waals surface area contributed by atoms with E-state index in [1.807, 2.05) is 0 Å². The molecule has 0 spiro atoms. The molecule has 2 heterocycles.